The molecule has 27 heavy (non-hydrogen) atoms. The summed E-state index contributed by atoms with van der Waals surface area (Å²) >= 11 is 0. The molecule has 7 heteroatoms. The molecule has 3 rings (SSSR count). The van der Waals surface area contributed by atoms with E-state index in [4.69, 9.17) is 9.84 Å². The van der Waals surface area contributed by atoms with E-state index in [0.29, 0.717) is 28.5 Å². The maximum atomic E-state index is 10.8. The number of aromatic nitrogens is 3. The molecule has 0 unspecified atom stereocenters. The average Bonchev–Trinajstić information content (AvgIpc) is 3.07. The third-order valence-corrected chi connectivity index (χ3v) is 3.84. The molecule has 0 radical (unpaired) electrons. The zero-order chi connectivity index (χ0) is 19.2. The lowest BCUT2D eigenvalue weighted by atomic mass is 10.1. The standard InChI is InChI=1S/C20H16N4O3/c1-24-19(14-7-3-2-4-8-14)22-23-20(24)16(12-21)11-15-9-5-6-10-17(15)27-13-18(25)26/h2-11H,13H2,1H3,(H,25,26)/b16-11+. The van der Waals surface area contributed by atoms with Crippen LogP contribution in [0.3, 0.4) is 0 Å². The molecule has 1 aromatic heterocycles. The van der Waals surface area contributed by atoms with Crippen LogP contribution < -0.4 is 4.74 Å². The molecule has 134 valence electrons. The second-order valence-corrected chi connectivity index (χ2v) is 5.66. The second kappa shape index (κ2) is 7.97. The minimum atomic E-state index is -1.07. The maximum absolute atomic E-state index is 10.8. The molecule has 0 spiro atoms. The topological polar surface area (TPSA) is 101 Å². The molecule has 1 N–H and O–H groups in total. The van der Waals surface area contributed by atoms with Gasteiger partial charge in [0.2, 0.25) is 0 Å². The number of para-hydroxylation sites is 1. The molecule has 3 aromatic rings. The van der Waals surface area contributed by atoms with Crippen LogP contribution in [0.15, 0.2) is 54.6 Å². The van der Waals surface area contributed by atoms with Crippen LogP contribution in [0.1, 0.15) is 11.4 Å². The molecule has 0 atom stereocenters. The van der Waals surface area contributed by atoms with Crippen LogP contribution in [0.2, 0.25) is 0 Å². The number of aliphatic carboxylic acids is 1. The molecular formula is C20H16N4O3. The average molecular weight is 360 g/mol. The van der Waals surface area contributed by atoms with Crippen molar-refractivity contribution >= 4 is 17.6 Å². The number of carboxylic acid groups (broad SMARTS) is 1. The largest absolute Gasteiger partial charge is 0.481 e. The van der Waals surface area contributed by atoms with Crippen molar-refractivity contribution in [2.75, 3.05) is 6.61 Å². The summed E-state index contributed by atoms with van der Waals surface area (Å²) in [5.41, 5.74) is 1.76. The molecule has 2 aromatic carbocycles. The van der Waals surface area contributed by atoms with Crippen LogP contribution in [-0.2, 0) is 11.8 Å². The number of rotatable bonds is 6. The van der Waals surface area contributed by atoms with Crippen LogP contribution in [-0.4, -0.2) is 32.4 Å². The van der Waals surface area contributed by atoms with Gasteiger partial charge in [0.15, 0.2) is 18.3 Å². The molecule has 7 nitrogen and oxygen atoms in total. The van der Waals surface area contributed by atoms with Crippen LogP contribution >= 0.6 is 0 Å². The number of benzene rings is 2. The van der Waals surface area contributed by atoms with E-state index in [1.54, 1.807) is 42.0 Å². The van der Waals surface area contributed by atoms with Gasteiger partial charge in [-0.3, -0.25) is 0 Å². The van der Waals surface area contributed by atoms with E-state index in [-0.39, 0.29) is 0 Å². The van der Waals surface area contributed by atoms with E-state index in [1.807, 2.05) is 30.3 Å². The highest BCUT2D eigenvalue weighted by atomic mass is 16.5. The summed E-state index contributed by atoms with van der Waals surface area (Å²) in [4.78, 5) is 10.8. The van der Waals surface area contributed by atoms with Gasteiger partial charge in [-0.25, -0.2) is 4.79 Å². The Labute approximate surface area is 155 Å². The predicted molar refractivity (Wildman–Crippen MR) is 99.5 cm³/mol. The molecular weight excluding hydrogens is 344 g/mol. The zero-order valence-corrected chi connectivity index (χ0v) is 14.5. The van der Waals surface area contributed by atoms with Crippen LogP contribution in [0.25, 0.3) is 23.0 Å². The summed E-state index contributed by atoms with van der Waals surface area (Å²) in [5, 5.41) is 26.8. The normalized spacial score (nSPS) is 11.0. The molecule has 0 aliphatic rings. The number of hydrogen-bond acceptors (Lipinski definition) is 5. The smallest absolute Gasteiger partial charge is 0.341 e. The number of allylic oxidation sites excluding steroid dienone is 1. The summed E-state index contributed by atoms with van der Waals surface area (Å²) in [6, 6.07) is 18.6. The molecule has 0 bridgehead atoms. The quantitative estimate of drug-likeness (QED) is 0.678. The Balaban J connectivity index is 1.99. The van der Waals surface area contributed by atoms with Gasteiger partial charge in [-0.1, -0.05) is 48.5 Å². The number of carbonyl (C=O) groups is 1. The van der Waals surface area contributed by atoms with E-state index < -0.39 is 12.6 Å². The molecule has 0 aliphatic carbocycles. The van der Waals surface area contributed by atoms with Crippen LogP contribution in [0.5, 0.6) is 5.75 Å². The minimum Gasteiger partial charge on any atom is -0.481 e. The van der Waals surface area contributed by atoms with Crippen molar-refractivity contribution in [3.8, 4) is 23.2 Å². The fourth-order valence-corrected chi connectivity index (χ4v) is 2.58. The first kappa shape index (κ1) is 17.9. The van der Waals surface area contributed by atoms with E-state index in [0.717, 1.165) is 5.56 Å². The Kier molecular flexibility index (Phi) is 5.28. The summed E-state index contributed by atoms with van der Waals surface area (Å²) in [6.45, 7) is -0.463. The Bertz CT molecular complexity index is 1030. The first-order chi connectivity index (χ1) is 13.1. The maximum Gasteiger partial charge on any atom is 0.341 e. The van der Waals surface area contributed by atoms with Gasteiger partial charge >= 0.3 is 5.97 Å². The van der Waals surface area contributed by atoms with E-state index in [2.05, 4.69) is 16.3 Å². The van der Waals surface area contributed by atoms with E-state index in [9.17, 15) is 10.1 Å². The number of nitrogens with zero attached hydrogens (tertiary/aromatic N) is 4. The molecule has 0 amide bonds. The van der Waals surface area contributed by atoms with Gasteiger partial charge < -0.3 is 14.4 Å². The van der Waals surface area contributed by atoms with Crippen molar-refractivity contribution < 1.29 is 14.6 Å². The van der Waals surface area contributed by atoms with Crippen molar-refractivity contribution in [2.24, 2.45) is 7.05 Å². The molecule has 1 heterocycles. The lowest BCUT2D eigenvalue weighted by Gasteiger charge is -2.07. The first-order valence-electron chi connectivity index (χ1n) is 8.10. The second-order valence-electron chi connectivity index (χ2n) is 5.66. The summed E-state index contributed by atoms with van der Waals surface area (Å²) in [7, 11) is 1.79. The first-order valence-corrected chi connectivity index (χ1v) is 8.10. The van der Waals surface area contributed by atoms with Gasteiger partial charge in [-0.05, 0) is 12.1 Å². The number of carboxylic acids is 1. The summed E-state index contributed by atoms with van der Waals surface area (Å²) in [5.74, 6) is 0.347. The third-order valence-electron chi connectivity index (χ3n) is 3.84. The third kappa shape index (κ3) is 4.02. The Hall–Kier alpha value is -3.92. The monoisotopic (exact) mass is 360 g/mol. The van der Waals surface area contributed by atoms with Crippen molar-refractivity contribution in [1.82, 2.24) is 14.8 Å². The van der Waals surface area contributed by atoms with E-state index in [1.165, 1.54) is 0 Å². The van der Waals surface area contributed by atoms with Crippen LogP contribution in [0, 0.1) is 11.3 Å². The number of ether oxygens (including phenoxy) is 1. The summed E-state index contributed by atoms with van der Waals surface area (Å²) < 4.78 is 7.03. The molecule has 0 fully saturated rings. The van der Waals surface area contributed by atoms with Gasteiger partial charge in [0.1, 0.15) is 11.8 Å². The van der Waals surface area contributed by atoms with E-state index >= 15 is 0 Å². The van der Waals surface area contributed by atoms with Gasteiger partial charge in [0, 0.05) is 18.2 Å². The highest BCUT2D eigenvalue weighted by Gasteiger charge is 2.15. The van der Waals surface area contributed by atoms with Crippen molar-refractivity contribution in [3.63, 3.8) is 0 Å². The molecule has 0 saturated carbocycles. The Morgan fingerprint density at radius 1 is 1.19 bits per heavy atom. The van der Waals surface area contributed by atoms with Crippen LogP contribution in [0.4, 0.5) is 0 Å². The molecule has 0 saturated heterocycles. The molecule has 0 aliphatic heterocycles. The highest BCUT2D eigenvalue weighted by Crippen LogP contribution is 2.25. The number of hydrogen-bond donors (Lipinski definition) is 1. The van der Waals surface area contributed by atoms with Crippen molar-refractivity contribution in [3.05, 3.63) is 66.0 Å². The lowest BCUT2D eigenvalue weighted by molar-refractivity contribution is -0.139. The SMILES string of the molecule is Cn1c(/C(C#N)=C/c2ccccc2OCC(=O)O)nnc1-c1ccccc1. The van der Waals surface area contributed by atoms with Gasteiger partial charge in [0.25, 0.3) is 0 Å². The van der Waals surface area contributed by atoms with Gasteiger partial charge in [0.05, 0.1) is 5.57 Å². The fraction of sp³-hybridized carbons (Fsp3) is 0.100. The van der Waals surface area contributed by atoms with Crippen molar-refractivity contribution in [1.29, 1.82) is 5.26 Å². The minimum absolute atomic E-state index is 0.290. The Morgan fingerprint density at radius 3 is 2.59 bits per heavy atom. The Morgan fingerprint density at radius 2 is 1.89 bits per heavy atom. The van der Waals surface area contributed by atoms with Crippen molar-refractivity contribution in [2.45, 2.75) is 0 Å². The fourth-order valence-electron chi connectivity index (χ4n) is 2.58. The number of nitriles is 1. The highest BCUT2D eigenvalue weighted by molar-refractivity contribution is 5.88. The lowest BCUT2D eigenvalue weighted by Crippen LogP contribution is -2.10. The zero-order valence-electron chi connectivity index (χ0n) is 14.5. The van der Waals surface area contributed by atoms with Gasteiger partial charge in [-0.15, -0.1) is 10.2 Å². The van der Waals surface area contributed by atoms with Gasteiger partial charge in [-0.2, -0.15) is 5.26 Å². The predicted octanol–water partition coefficient (Wildman–Crippen LogP) is 3.01. The summed E-state index contributed by atoms with van der Waals surface area (Å²) in [6.07, 6.45) is 1.61.